The third kappa shape index (κ3) is 3.46. The predicted octanol–water partition coefficient (Wildman–Crippen LogP) is 2.57. The molecule has 106 valence electrons. The fourth-order valence-corrected chi connectivity index (χ4v) is 3.54. The molecule has 1 N–H and O–H groups in total. The van der Waals surface area contributed by atoms with Crippen molar-refractivity contribution in [3.05, 3.63) is 0 Å². The monoisotopic (exact) mass is 255 g/mol. The summed E-state index contributed by atoms with van der Waals surface area (Å²) in [4.78, 5) is 2.34. The first-order chi connectivity index (χ1) is 8.65. The van der Waals surface area contributed by atoms with Crippen LogP contribution in [-0.2, 0) is 4.74 Å². The molecule has 3 heteroatoms. The number of aliphatic hydroxyl groups is 1. The first-order valence-electron chi connectivity index (χ1n) is 7.68. The number of aliphatic hydroxyl groups excluding tert-OH is 1. The van der Waals surface area contributed by atoms with Crippen molar-refractivity contribution >= 4 is 0 Å². The van der Waals surface area contributed by atoms with Gasteiger partial charge in [0.1, 0.15) is 0 Å². The molecule has 0 radical (unpaired) electrons. The zero-order valence-corrected chi connectivity index (χ0v) is 12.0. The van der Waals surface area contributed by atoms with Gasteiger partial charge in [-0.15, -0.1) is 0 Å². The summed E-state index contributed by atoms with van der Waals surface area (Å²) < 4.78 is 6.39. The van der Waals surface area contributed by atoms with Crippen molar-refractivity contribution in [2.75, 3.05) is 19.7 Å². The fourth-order valence-electron chi connectivity index (χ4n) is 3.54. The Kier molecular flexibility index (Phi) is 5.05. The maximum atomic E-state index is 9.12. The van der Waals surface area contributed by atoms with Crippen molar-refractivity contribution in [1.82, 2.24) is 4.90 Å². The highest BCUT2D eigenvalue weighted by molar-refractivity contribution is 4.92. The first-order valence-corrected chi connectivity index (χ1v) is 7.68. The van der Waals surface area contributed by atoms with Gasteiger partial charge in [0.2, 0.25) is 0 Å². The van der Waals surface area contributed by atoms with Crippen LogP contribution < -0.4 is 0 Å². The van der Waals surface area contributed by atoms with E-state index >= 15 is 0 Å². The predicted molar refractivity (Wildman–Crippen MR) is 73.7 cm³/mol. The lowest BCUT2D eigenvalue weighted by Crippen LogP contribution is -2.41. The van der Waals surface area contributed by atoms with Crippen LogP contribution in [0.15, 0.2) is 0 Å². The van der Waals surface area contributed by atoms with E-state index in [4.69, 9.17) is 9.84 Å². The molecule has 1 atom stereocenters. The van der Waals surface area contributed by atoms with Gasteiger partial charge in [-0.1, -0.05) is 19.3 Å². The van der Waals surface area contributed by atoms with E-state index in [1.807, 2.05) is 0 Å². The molecule has 1 saturated heterocycles. The molecule has 2 fully saturated rings. The summed E-state index contributed by atoms with van der Waals surface area (Å²) in [6, 6.07) is 0.489. The van der Waals surface area contributed by atoms with Crippen LogP contribution in [0.25, 0.3) is 0 Å². The van der Waals surface area contributed by atoms with Crippen LogP contribution in [0.1, 0.15) is 58.8 Å². The number of hydrogen-bond donors (Lipinski definition) is 1. The number of ether oxygens (including phenoxy) is 1. The largest absolute Gasteiger partial charge is 0.395 e. The van der Waals surface area contributed by atoms with E-state index in [0.29, 0.717) is 12.1 Å². The van der Waals surface area contributed by atoms with E-state index in [-0.39, 0.29) is 12.2 Å². The van der Waals surface area contributed by atoms with Gasteiger partial charge in [0, 0.05) is 19.1 Å². The lowest BCUT2D eigenvalue weighted by Gasteiger charge is -2.35. The Morgan fingerprint density at radius 1 is 1.22 bits per heavy atom. The van der Waals surface area contributed by atoms with E-state index in [1.165, 1.54) is 44.9 Å². The summed E-state index contributed by atoms with van der Waals surface area (Å²) >= 11 is 0. The van der Waals surface area contributed by atoms with Crippen molar-refractivity contribution in [2.45, 2.75) is 76.5 Å². The van der Waals surface area contributed by atoms with Crippen molar-refractivity contribution in [2.24, 2.45) is 0 Å². The fraction of sp³-hybridized carbons (Fsp3) is 1.00. The minimum atomic E-state index is 0.227. The molecule has 3 nitrogen and oxygen atoms in total. The highest BCUT2D eigenvalue weighted by atomic mass is 16.5. The van der Waals surface area contributed by atoms with Crippen LogP contribution in [-0.4, -0.2) is 47.4 Å². The molecule has 1 saturated carbocycles. The Hall–Kier alpha value is -0.120. The minimum Gasteiger partial charge on any atom is -0.395 e. The van der Waals surface area contributed by atoms with E-state index in [1.54, 1.807) is 0 Å². The van der Waals surface area contributed by atoms with Crippen molar-refractivity contribution in [3.8, 4) is 0 Å². The average Bonchev–Trinajstić information content (AvgIpc) is 2.72. The molecule has 1 spiro atoms. The van der Waals surface area contributed by atoms with Gasteiger partial charge >= 0.3 is 0 Å². The maximum Gasteiger partial charge on any atom is 0.0710 e. The Bertz CT molecular complexity index is 249. The Labute approximate surface area is 112 Å². The van der Waals surface area contributed by atoms with Crippen LogP contribution in [0.2, 0.25) is 0 Å². The van der Waals surface area contributed by atoms with E-state index in [0.717, 1.165) is 13.1 Å². The molecule has 0 aromatic rings. The summed E-state index contributed by atoms with van der Waals surface area (Å²) in [5.74, 6) is 0. The van der Waals surface area contributed by atoms with E-state index < -0.39 is 0 Å². The lowest BCUT2D eigenvalue weighted by molar-refractivity contribution is -0.0746. The van der Waals surface area contributed by atoms with E-state index in [2.05, 4.69) is 18.7 Å². The molecular weight excluding hydrogens is 226 g/mol. The summed E-state index contributed by atoms with van der Waals surface area (Å²) in [6.07, 6.45) is 9.46. The summed E-state index contributed by atoms with van der Waals surface area (Å²) in [5.41, 5.74) is 0.227. The molecular formula is C15H29NO2. The number of rotatable bonds is 5. The van der Waals surface area contributed by atoms with Crippen molar-refractivity contribution in [3.63, 3.8) is 0 Å². The standard InChI is InChI=1S/C15H29NO2/c1-13(2)16(10-11-17)12-14-6-9-15(18-14)7-4-3-5-8-15/h13-14,17H,3-12H2,1-2H3. The molecule has 18 heavy (non-hydrogen) atoms. The summed E-state index contributed by atoms with van der Waals surface area (Å²) in [5, 5.41) is 9.12. The van der Waals surface area contributed by atoms with E-state index in [9.17, 15) is 0 Å². The van der Waals surface area contributed by atoms with Gasteiger partial charge in [0.25, 0.3) is 0 Å². The second-order valence-corrected chi connectivity index (χ2v) is 6.33. The summed E-state index contributed by atoms with van der Waals surface area (Å²) in [6.45, 7) is 6.39. The smallest absolute Gasteiger partial charge is 0.0710 e. The highest BCUT2D eigenvalue weighted by Gasteiger charge is 2.41. The molecule has 2 rings (SSSR count). The molecule has 1 unspecified atom stereocenters. The zero-order valence-electron chi connectivity index (χ0n) is 12.0. The number of nitrogens with zero attached hydrogens (tertiary/aromatic N) is 1. The van der Waals surface area contributed by atoms with Gasteiger partial charge in [-0.3, -0.25) is 4.90 Å². The first kappa shape index (κ1) is 14.3. The minimum absolute atomic E-state index is 0.227. The summed E-state index contributed by atoms with van der Waals surface area (Å²) in [7, 11) is 0. The second kappa shape index (κ2) is 6.36. The topological polar surface area (TPSA) is 32.7 Å². The van der Waals surface area contributed by atoms with Crippen LogP contribution in [0, 0.1) is 0 Å². The van der Waals surface area contributed by atoms with Gasteiger partial charge < -0.3 is 9.84 Å². The van der Waals surface area contributed by atoms with Gasteiger partial charge in [-0.2, -0.15) is 0 Å². The molecule has 0 aromatic carbocycles. The molecule has 2 aliphatic rings. The molecule has 0 aromatic heterocycles. The Balaban J connectivity index is 1.84. The third-order valence-electron chi connectivity index (χ3n) is 4.66. The van der Waals surface area contributed by atoms with Crippen molar-refractivity contribution in [1.29, 1.82) is 0 Å². The van der Waals surface area contributed by atoms with Gasteiger partial charge in [-0.25, -0.2) is 0 Å². The van der Waals surface area contributed by atoms with Crippen LogP contribution in [0.4, 0.5) is 0 Å². The third-order valence-corrected chi connectivity index (χ3v) is 4.66. The normalized spacial score (nSPS) is 27.5. The molecule has 1 aliphatic heterocycles. The molecule has 1 aliphatic carbocycles. The highest BCUT2D eigenvalue weighted by Crippen LogP contribution is 2.42. The maximum absolute atomic E-state index is 9.12. The molecule has 0 bridgehead atoms. The van der Waals surface area contributed by atoms with Gasteiger partial charge in [0.15, 0.2) is 0 Å². The van der Waals surface area contributed by atoms with Crippen molar-refractivity contribution < 1.29 is 9.84 Å². The van der Waals surface area contributed by atoms with Gasteiger partial charge in [-0.05, 0) is 39.5 Å². The van der Waals surface area contributed by atoms with Crippen LogP contribution in [0.3, 0.4) is 0 Å². The quantitative estimate of drug-likeness (QED) is 0.819. The number of hydrogen-bond acceptors (Lipinski definition) is 3. The van der Waals surface area contributed by atoms with Crippen LogP contribution in [0.5, 0.6) is 0 Å². The van der Waals surface area contributed by atoms with Crippen LogP contribution >= 0.6 is 0 Å². The lowest BCUT2D eigenvalue weighted by atomic mass is 9.83. The molecule has 1 heterocycles. The Morgan fingerprint density at radius 3 is 2.56 bits per heavy atom. The SMILES string of the molecule is CC(C)N(CCO)CC1CCC2(CCCCC2)O1. The van der Waals surface area contributed by atoms with Gasteiger partial charge in [0.05, 0.1) is 18.3 Å². The Morgan fingerprint density at radius 2 is 1.94 bits per heavy atom. The zero-order chi connectivity index (χ0) is 13.0. The average molecular weight is 255 g/mol. The second-order valence-electron chi connectivity index (χ2n) is 6.33. The molecule has 0 amide bonds.